The van der Waals surface area contributed by atoms with Gasteiger partial charge in [0.1, 0.15) is 11.6 Å². The quantitative estimate of drug-likeness (QED) is 0.557. The van der Waals surface area contributed by atoms with Crippen molar-refractivity contribution in [3.05, 3.63) is 29.8 Å². The molecule has 1 rings (SSSR count). The van der Waals surface area contributed by atoms with Gasteiger partial charge in [0.25, 0.3) is 0 Å². The van der Waals surface area contributed by atoms with Crippen molar-refractivity contribution in [2.24, 2.45) is 0 Å². The van der Waals surface area contributed by atoms with E-state index in [0.29, 0.717) is 18.7 Å². The molecule has 0 aliphatic heterocycles. The van der Waals surface area contributed by atoms with E-state index >= 15 is 0 Å². The second-order valence-corrected chi connectivity index (χ2v) is 2.54. The van der Waals surface area contributed by atoms with E-state index in [0.717, 1.165) is 6.07 Å². The van der Waals surface area contributed by atoms with E-state index in [-0.39, 0.29) is 0 Å². The van der Waals surface area contributed by atoms with Crippen LogP contribution in [0, 0.1) is 24.0 Å². The first-order chi connectivity index (χ1) is 6.22. The van der Waals surface area contributed by atoms with Crippen LogP contribution in [-0.2, 0) is 0 Å². The number of anilines is 1. The standard InChI is InChI=1S/C10H9F2N/c1-2-3-4-13-10-6-8(11)5-9(12)7-10/h1,5-7,13H,3-4H2. The van der Waals surface area contributed by atoms with Crippen molar-refractivity contribution >= 4 is 5.69 Å². The molecule has 1 N–H and O–H groups in total. The van der Waals surface area contributed by atoms with Crippen LogP contribution in [0.4, 0.5) is 14.5 Å². The van der Waals surface area contributed by atoms with Gasteiger partial charge in [0.2, 0.25) is 0 Å². The molecule has 0 unspecified atom stereocenters. The number of halogens is 2. The van der Waals surface area contributed by atoms with Crippen LogP contribution in [0.25, 0.3) is 0 Å². The summed E-state index contributed by atoms with van der Waals surface area (Å²) in [6, 6.07) is 3.27. The molecule has 0 bridgehead atoms. The van der Waals surface area contributed by atoms with Crippen LogP contribution in [-0.4, -0.2) is 6.54 Å². The zero-order chi connectivity index (χ0) is 9.68. The molecule has 0 amide bonds. The topological polar surface area (TPSA) is 12.0 Å². The van der Waals surface area contributed by atoms with Gasteiger partial charge in [-0.25, -0.2) is 8.78 Å². The lowest BCUT2D eigenvalue weighted by Crippen LogP contribution is -2.00. The number of rotatable bonds is 3. The maximum absolute atomic E-state index is 12.6. The molecule has 0 aromatic heterocycles. The summed E-state index contributed by atoms with van der Waals surface area (Å²) < 4.78 is 25.2. The summed E-state index contributed by atoms with van der Waals surface area (Å²) in [4.78, 5) is 0. The second-order valence-electron chi connectivity index (χ2n) is 2.54. The van der Waals surface area contributed by atoms with Gasteiger partial charge in [-0.05, 0) is 12.1 Å². The maximum atomic E-state index is 12.6. The SMILES string of the molecule is C#CCCNc1cc(F)cc(F)c1. The van der Waals surface area contributed by atoms with E-state index in [1.807, 2.05) is 0 Å². The Labute approximate surface area is 75.8 Å². The molecule has 0 fully saturated rings. The summed E-state index contributed by atoms with van der Waals surface area (Å²) in [5, 5.41) is 2.80. The van der Waals surface area contributed by atoms with E-state index < -0.39 is 11.6 Å². The molecule has 1 aromatic rings. The predicted molar refractivity (Wildman–Crippen MR) is 48.3 cm³/mol. The van der Waals surface area contributed by atoms with Gasteiger partial charge in [0.05, 0.1) is 0 Å². The number of nitrogens with one attached hydrogen (secondary N) is 1. The molecule has 0 saturated carbocycles. The Morgan fingerprint density at radius 2 is 1.85 bits per heavy atom. The van der Waals surface area contributed by atoms with Crippen molar-refractivity contribution in [2.45, 2.75) is 6.42 Å². The molecule has 13 heavy (non-hydrogen) atoms. The Hall–Kier alpha value is -1.56. The third kappa shape index (κ3) is 3.12. The molecule has 0 saturated heterocycles. The van der Waals surface area contributed by atoms with Crippen molar-refractivity contribution in [3.8, 4) is 12.3 Å². The summed E-state index contributed by atoms with van der Waals surface area (Å²) >= 11 is 0. The summed E-state index contributed by atoms with van der Waals surface area (Å²) in [7, 11) is 0. The van der Waals surface area contributed by atoms with Crippen molar-refractivity contribution in [1.29, 1.82) is 0 Å². The maximum Gasteiger partial charge on any atom is 0.128 e. The molecule has 0 radical (unpaired) electrons. The van der Waals surface area contributed by atoms with E-state index in [1.165, 1.54) is 12.1 Å². The first-order valence-electron chi connectivity index (χ1n) is 3.86. The minimum absolute atomic E-state index is 0.410. The van der Waals surface area contributed by atoms with E-state index in [1.54, 1.807) is 0 Å². The highest BCUT2D eigenvalue weighted by Gasteiger charge is 1.98. The lowest BCUT2D eigenvalue weighted by atomic mass is 10.3. The van der Waals surface area contributed by atoms with Crippen molar-refractivity contribution in [1.82, 2.24) is 0 Å². The lowest BCUT2D eigenvalue weighted by Gasteiger charge is -2.03. The highest BCUT2D eigenvalue weighted by molar-refractivity contribution is 5.43. The molecule has 1 nitrogen and oxygen atoms in total. The van der Waals surface area contributed by atoms with Crippen molar-refractivity contribution < 1.29 is 8.78 Å². The Kier molecular flexibility index (Phi) is 3.27. The Morgan fingerprint density at radius 1 is 1.23 bits per heavy atom. The monoisotopic (exact) mass is 181 g/mol. The number of terminal acetylenes is 1. The van der Waals surface area contributed by atoms with Crippen LogP contribution in [0.5, 0.6) is 0 Å². The van der Waals surface area contributed by atoms with Crippen LogP contribution in [0.1, 0.15) is 6.42 Å². The summed E-state index contributed by atoms with van der Waals surface area (Å²) in [6.45, 7) is 0.513. The molecule has 1 aromatic carbocycles. The van der Waals surface area contributed by atoms with Gasteiger partial charge in [0, 0.05) is 24.7 Å². The van der Waals surface area contributed by atoms with Crippen LogP contribution in [0.2, 0.25) is 0 Å². The van der Waals surface area contributed by atoms with Gasteiger partial charge in [-0.3, -0.25) is 0 Å². The molecule has 68 valence electrons. The molecule has 0 spiro atoms. The highest BCUT2D eigenvalue weighted by atomic mass is 19.1. The normalized spacial score (nSPS) is 9.31. The third-order valence-corrected chi connectivity index (χ3v) is 1.46. The van der Waals surface area contributed by atoms with Crippen molar-refractivity contribution in [3.63, 3.8) is 0 Å². The minimum atomic E-state index is -0.594. The summed E-state index contributed by atoms with van der Waals surface area (Å²) in [5.74, 6) is 1.23. The average Bonchev–Trinajstić information content (AvgIpc) is 2.03. The van der Waals surface area contributed by atoms with Crippen LogP contribution in [0.3, 0.4) is 0 Å². The Bertz CT molecular complexity index is 308. The predicted octanol–water partition coefficient (Wildman–Crippen LogP) is 2.40. The lowest BCUT2D eigenvalue weighted by molar-refractivity contribution is 0.584. The van der Waals surface area contributed by atoms with E-state index in [4.69, 9.17) is 6.42 Å². The zero-order valence-corrected chi connectivity index (χ0v) is 6.98. The van der Waals surface area contributed by atoms with Gasteiger partial charge in [-0.1, -0.05) is 0 Å². The molecule has 3 heteroatoms. The number of hydrogen-bond donors (Lipinski definition) is 1. The van der Waals surface area contributed by atoms with Gasteiger partial charge in [0.15, 0.2) is 0 Å². The van der Waals surface area contributed by atoms with Crippen molar-refractivity contribution in [2.75, 3.05) is 11.9 Å². The Morgan fingerprint density at radius 3 is 2.38 bits per heavy atom. The molecule has 0 aliphatic rings. The minimum Gasteiger partial charge on any atom is -0.384 e. The first-order valence-corrected chi connectivity index (χ1v) is 3.86. The number of hydrogen-bond acceptors (Lipinski definition) is 1. The average molecular weight is 181 g/mol. The highest BCUT2D eigenvalue weighted by Crippen LogP contribution is 2.12. The van der Waals surface area contributed by atoms with Gasteiger partial charge in [-0.15, -0.1) is 12.3 Å². The molecular formula is C10H9F2N. The fraction of sp³-hybridized carbons (Fsp3) is 0.200. The van der Waals surface area contributed by atoms with Gasteiger partial charge >= 0.3 is 0 Å². The third-order valence-electron chi connectivity index (χ3n) is 1.46. The Balaban J connectivity index is 2.62. The molecule has 0 aliphatic carbocycles. The van der Waals surface area contributed by atoms with E-state index in [2.05, 4.69) is 11.2 Å². The van der Waals surface area contributed by atoms with Crippen LogP contribution < -0.4 is 5.32 Å². The van der Waals surface area contributed by atoms with Gasteiger partial charge in [-0.2, -0.15) is 0 Å². The first kappa shape index (κ1) is 9.53. The fourth-order valence-electron chi connectivity index (χ4n) is 0.935. The molecular weight excluding hydrogens is 172 g/mol. The summed E-state index contributed by atoms with van der Waals surface area (Å²) in [6.07, 6.45) is 5.54. The largest absolute Gasteiger partial charge is 0.384 e. The molecule has 0 atom stereocenters. The molecule has 0 heterocycles. The number of benzene rings is 1. The second kappa shape index (κ2) is 4.46. The summed E-state index contributed by atoms with van der Waals surface area (Å²) in [5.41, 5.74) is 0.410. The fourth-order valence-corrected chi connectivity index (χ4v) is 0.935. The zero-order valence-electron chi connectivity index (χ0n) is 6.98. The van der Waals surface area contributed by atoms with Crippen LogP contribution >= 0.6 is 0 Å². The van der Waals surface area contributed by atoms with E-state index in [9.17, 15) is 8.78 Å². The van der Waals surface area contributed by atoms with Crippen LogP contribution in [0.15, 0.2) is 18.2 Å². The smallest absolute Gasteiger partial charge is 0.128 e. The van der Waals surface area contributed by atoms with Gasteiger partial charge < -0.3 is 5.32 Å².